The molecule has 0 aromatic heterocycles. The fourth-order valence-corrected chi connectivity index (χ4v) is 6.09. The quantitative estimate of drug-likeness (QED) is 0.314. The van der Waals surface area contributed by atoms with E-state index in [0.29, 0.717) is 11.8 Å². The molecule has 4 aromatic carbocycles. The first-order valence-electron chi connectivity index (χ1n) is 11.8. The number of benzene rings is 4. The van der Waals surface area contributed by atoms with Crippen LogP contribution in [-0.4, -0.2) is 0 Å². The Labute approximate surface area is 190 Å². The summed E-state index contributed by atoms with van der Waals surface area (Å²) in [5.41, 5.74) is 11.7. The van der Waals surface area contributed by atoms with Gasteiger partial charge in [-0.15, -0.1) is 0 Å². The Hall–Kier alpha value is -3.38. The largest absolute Gasteiger partial charge is 0.0652 e. The third kappa shape index (κ3) is 2.98. The summed E-state index contributed by atoms with van der Waals surface area (Å²) in [6, 6.07) is 33.5. The summed E-state index contributed by atoms with van der Waals surface area (Å²) in [5.74, 6) is 1.04. The molecule has 4 aromatic rings. The van der Waals surface area contributed by atoms with Crippen molar-refractivity contribution in [2.24, 2.45) is 0 Å². The molecule has 2 aliphatic rings. The van der Waals surface area contributed by atoms with Gasteiger partial charge in [-0.25, -0.2) is 0 Å². The summed E-state index contributed by atoms with van der Waals surface area (Å²) in [6.45, 7) is 4.67. The van der Waals surface area contributed by atoms with Crippen LogP contribution in [0.2, 0.25) is 0 Å². The lowest BCUT2D eigenvalue weighted by molar-refractivity contribution is 0.611. The molecule has 32 heavy (non-hydrogen) atoms. The molecule has 0 saturated heterocycles. The van der Waals surface area contributed by atoms with Gasteiger partial charge in [-0.3, -0.25) is 0 Å². The monoisotopic (exact) mass is 412 g/mol. The number of hydrogen-bond acceptors (Lipinski definition) is 0. The van der Waals surface area contributed by atoms with E-state index in [-0.39, 0.29) is 0 Å². The van der Waals surface area contributed by atoms with Crippen molar-refractivity contribution in [1.82, 2.24) is 0 Å². The second kappa shape index (κ2) is 7.64. The van der Waals surface area contributed by atoms with Crippen molar-refractivity contribution < 1.29 is 0 Å². The summed E-state index contributed by atoms with van der Waals surface area (Å²) in [6.07, 6.45) is 4.76. The van der Waals surface area contributed by atoms with Gasteiger partial charge in [0, 0.05) is 11.8 Å². The van der Waals surface area contributed by atoms with Gasteiger partial charge in [0.25, 0.3) is 0 Å². The van der Waals surface area contributed by atoms with Crippen molar-refractivity contribution in [3.63, 3.8) is 0 Å². The Bertz CT molecular complexity index is 1390. The number of allylic oxidation sites excluding steroid dienone is 2. The van der Waals surface area contributed by atoms with Gasteiger partial charge in [0.05, 0.1) is 0 Å². The van der Waals surface area contributed by atoms with Crippen LogP contribution in [0.4, 0.5) is 0 Å². The van der Waals surface area contributed by atoms with Crippen LogP contribution in [0.1, 0.15) is 66.3 Å². The molecule has 0 amide bonds. The Morgan fingerprint density at radius 3 is 2.16 bits per heavy atom. The third-order valence-electron chi connectivity index (χ3n) is 7.63. The molecule has 0 spiro atoms. The molecule has 0 N–H and O–H groups in total. The fraction of sp³-hybridized carbons (Fsp3) is 0.188. The minimum atomic E-state index is 0.487. The van der Waals surface area contributed by atoms with E-state index >= 15 is 0 Å². The fourth-order valence-electron chi connectivity index (χ4n) is 6.09. The molecule has 0 bridgehead atoms. The molecule has 6 rings (SSSR count). The molecule has 2 atom stereocenters. The normalized spacial score (nSPS) is 19.2. The second-order valence-corrected chi connectivity index (χ2v) is 9.37. The number of rotatable bonds is 4. The van der Waals surface area contributed by atoms with E-state index in [1.807, 2.05) is 0 Å². The van der Waals surface area contributed by atoms with Crippen LogP contribution in [0, 0.1) is 0 Å². The molecule has 2 aliphatic carbocycles. The Balaban J connectivity index is 1.40. The zero-order valence-corrected chi connectivity index (χ0v) is 18.8. The molecule has 156 valence electrons. The van der Waals surface area contributed by atoms with Crippen LogP contribution in [0.5, 0.6) is 0 Å². The van der Waals surface area contributed by atoms with Gasteiger partial charge in [-0.1, -0.05) is 108 Å². The third-order valence-corrected chi connectivity index (χ3v) is 7.63. The van der Waals surface area contributed by atoms with Crippen LogP contribution in [0.25, 0.3) is 22.4 Å². The van der Waals surface area contributed by atoms with Gasteiger partial charge in [-0.05, 0) is 70.9 Å². The zero-order chi connectivity index (χ0) is 21.7. The van der Waals surface area contributed by atoms with Crippen LogP contribution in [0.3, 0.4) is 0 Å². The Morgan fingerprint density at radius 2 is 1.25 bits per heavy atom. The number of fused-ring (bicyclic) bond motifs is 3. The van der Waals surface area contributed by atoms with Gasteiger partial charge in [-0.2, -0.15) is 0 Å². The highest BCUT2D eigenvalue weighted by Crippen LogP contribution is 2.49. The van der Waals surface area contributed by atoms with Gasteiger partial charge in [0.2, 0.25) is 0 Å². The summed E-state index contributed by atoms with van der Waals surface area (Å²) >= 11 is 0. The van der Waals surface area contributed by atoms with Gasteiger partial charge in [0.15, 0.2) is 0 Å². The van der Waals surface area contributed by atoms with E-state index in [2.05, 4.69) is 111 Å². The first-order chi connectivity index (χ1) is 15.7. The molecular formula is C32H28. The highest BCUT2D eigenvalue weighted by atomic mass is 14.3. The second-order valence-electron chi connectivity index (χ2n) is 9.37. The van der Waals surface area contributed by atoms with Crippen molar-refractivity contribution in [2.45, 2.75) is 38.5 Å². The van der Waals surface area contributed by atoms with Crippen molar-refractivity contribution in [2.75, 3.05) is 0 Å². The van der Waals surface area contributed by atoms with Gasteiger partial charge < -0.3 is 0 Å². The molecule has 0 fully saturated rings. The van der Waals surface area contributed by atoms with E-state index in [0.717, 1.165) is 0 Å². The molecule has 0 aliphatic heterocycles. The maximum absolute atomic E-state index is 2.38. The number of hydrogen-bond donors (Lipinski definition) is 0. The van der Waals surface area contributed by atoms with Crippen LogP contribution in [-0.2, 0) is 0 Å². The summed E-state index contributed by atoms with van der Waals surface area (Å²) < 4.78 is 0. The smallest absolute Gasteiger partial charge is 0.00613 e. The molecule has 0 heteroatoms. The molecule has 0 nitrogen and oxygen atoms in total. The minimum absolute atomic E-state index is 0.487. The topological polar surface area (TPSA) is 0 Å². The highest BCUT2D eigenvalue weighted by molar-refractivity contribution is 6.00. The predicted molar refractivity (Wildman–Crippen MR) is 137 cm³/mol. The van der Waals surface area contributed by atoms with E-state index < -0.39 is 0 Å². The van der Waals surface area contributed by atoms with E-state index in [1.54, 1.807) is 0 Å². The van der Waals surface area contributed by atoms with Gasteiger partial charge in [0.1, 0.15) is 0 Å². The predicted octanol–water partition coefficient (Wildman–Crippen LogP) is 8.74. The molecule has 2 unspecified atom stereocenters. The van der Waals surface area contributed by atoms with E-state index in [1.165, 1.54) is 68.2 Å². The average molecular weight is 413 g/mol. The molecule has 0 saturated carbocycles. The van der Waals surface area contributed by atoms with Gasteiger partial charge >= 0.3 is 0 Å². The summed E-state index contributed by atoms with van der Waals surface area (Å²) in [5, 5.41) is 2.66. The van der Waals surface area contributed by atoms with Crippen LogP contribution >= 0.6 is 0 Å². The average Bonchev–Trinajstić information content (AvgIpc) is 3.30. The lowest BCUT2D eigenvalue weighted by atomic mass is 9.84. The SMILES string of the molecule is CC1=Cc2ccccc2C1CCC1C(C)=C(c2cccc3ccccc23)c2ccccc21. The van der Waals surface area contributed by atoms with Crippen molar-refractivity contribution in [3.05, 3.63) is 130 Å². The first-order valence-corrected chi connectivity index (χ1v) is 11.8. The zero-order valence-electron chi connectivity index (χ0n) is 18.8. The lowest BCUT2D eigenvalue weighted by Crippen LogP contribution is -2.03. The molecule has 0 heterocycles. The maximum Gasteiger partial charge on any atom is 0.00613 e. The minimum Gasteiger partial charge on any atom is -0.0652 e. The van der Waals surface area contributed by atoms with Crippen molar-refractivity contribution in [1.29, 1.82) is 0 Å². The lowest BCUT2D eigenvalue weighted by Gasteiger charge is -2.19. The van der Waals surface area contributed by atoms with Crippen LogP contribution in [0.15, 0.2) is 102 Å². The first kappa shape index (κ1) is 19.3. The van der Waals surface area contributed by atoms with Crippen LogP contribution < -0.4 is 0 Å². The van der Waals surface area contributed by atoms with E-state index in [9.17, 15) is 0 Å². The summed E-state index contributed by atoms with van der Waals surface area (Å²) in [7, 11) is 0. The molecular weight excluding hydrogens is 384 g/mol. The van der Waals surface area contributed by atoms with E-state index in [4.69, 9.17) is 0 Å². The van der Waals surface area contributed by atoms with Crippen molar-refractivity contribution >= 4 is 22.4 Å². The Kier molecular flexibility index (Phi) is 4.61. The molecule has 0 radical (unpaired) electrons. The Morgan fingerprint density at radius 1 is 0.594 bits per heavy atom. The standard InChI is InChI=1S/C32H28/c1-21-20-24-11-4-6-14-28(24)25(21)18-19-26-22(2)32(31-16-8-7-15-29(26)31)30-17-9-12-23-10-3-5-13-27(23)30/h3-17,20,25-26H,18-19H2,1-2H3. The summed E-state index contributed by atoms with van der Waals surface area (Å²) in [4.78, 5) is 0. The highest BCUT2D eigenvalue weighted by Gasteiger charge is 2.31. The van der Waals surface area contributed by atoms with Crippen molar-refractivity contribution in [3.8, 4) is 0 Å². The maximum atomic E-state index is 2.38.